The van der Waals surface area contributed by atoms with Crippen LogP contribution >= 0.6 is 0 Å². The van der Waals surface area contributed by atoms with E-state index in [0.717, 1.165) is 24.2 Å². The Morgan fingerprint density at radius 2 is 1.79 bits per heavy atom. The lowest BCUT2D eigenvalue weighted by Gasteiger charge is -2.15. The number of nitrogens with one attached hydrogen (secondary N) is 2. The molecule has 1 aliphatic heterocycles. The van der Waals surface area contributed by atoms with Crippen LogP contribution in [0.15, 0.2) is 48.5 Å². The first-order chi connectivity index (χ1) is 13.5. The van der Waals surface area contributed by atoms with E-state index in [-0.39, 0.29) is 17.5 Å². The van der Waals surface area contributed by atoms with Gasteiger partial charge in [-0.25, -0.2) is 0 Å². The van der Waals surface area contributed by atoms with E-state index < -0.39 is 4.92 Å². The van der Waals surface area contributed by atoms with Crippen molar-refractivity contribution in [1.29, 1.82) is 0 Å². The third-order valence-corrected chi connectivity index (χ3v) is 4.58. The lowest BCUT2D eigenvalue weighted by molar-refractivity contribution is -0.384. The predicted molar refractivity (Wildman–Crippen MR) is 105 cm³/mol. The molecule has 0 aromatic heterocycles. The van der Waals surface area contributed by atoms with Gasteiger partial charge in [-0.05, 0) is 36.2 Å². The Labute approximate surface area is 162 Å². The van der Waals surface area contributed by atoms with E-state index >= 15 is 0 Å². The Morgan fingerprint density at radius 1 is 1.07 bits per heavy atom. The molecule has 0 bridgehead atoms. The van der Waals surface area contributed by atoms with Crippen LogP contribution in [0, 0.1) is 10.1 Å². The van der Waals surface area contributed by atoms with Gasteiger partial charge in [0.2, 0.25) is 5.91 Å². The number of nitro benzene ring substituents is 1. The number of non-ortho nitro benzene ring substituents is 1. The highest BCUT2D eigenvalue weighted by atomic mass is 16.6. The second-order valence-corrected chi connectivity index (χ2v) is 6.60. The van der Waals surface area contributed by atoms with Crippen LogP contribution in [0.25, 0.3) is 0 Å². The molecule has 3 rings (SSSR count). The van der Waals surface area contributed by atoms with Crippen LogP contribution in [0.2, 0.25) is 0 Å². The van der Waals surface area contributed by atoms with E-state index in [2.05, 4.69) is 10.6 Å². The molecule has 2 N–H and O–H groups in total. The third-order valence-electron chi connectivity index (χ3n) is 4.58. The Kier molecular flexibility index (Phi) is 6.21. The van der Waals surface area contributed by atoms with Crippen LogP contribution < -0.4 is 10.6 Å². The Hall–Kier alpha value is -3.42. The summed E-state index contributed by atoms with van der Waals surface area (Å²) in [6.45, 7) is 2.29. The van der Waals surface area contributed by atoms with Gasteiger partial charge in [-0.2, -0.15) is 0 Å². The first-order valence-electron chi connectivity index (χ1n) is 9.16. The van der Waals surface area contributed by atoms with Crippen LogP contribution in [-0.4, -0.2) is 41.3 Å². The van der Waals surface area contributed by atoms with Crippen molar-refractivity contribution in [3.8, 4) is 0 Å². The Bertz CT molecular complexity index is 850. The van der Waals surface area contributed by atoms with E-state index in [4.69, 9.17) is 0 Å². The van der Waals surface area contributed by atoms with Crippen molar-refractivity contribution in [2.45, 2.75) is 19.4 Å². The smallest absolute Gasteiger partial charge is 0.269 e. The van der Waals surface area contributed by atoms with Gasteiger partial charge in [0.15, 0.2) is 0 Å². The summed E-state index contributed by atoms with van der Waals surface area (Å²) in [5, 5.41) is 16.5. The molecule has 1 saturated heterocycles. The van der Waals surface area contributed by atoms with Crippen LogP contribution in [0.1, 0.15) is 28.8 Å². The van der Waals surface area contributed by atoms with Crippen molar-refractivity contribution in [2.75, 3.05) is 25.0 Å². The van der Waals surface area contributed by atoms with Crippen molar-refractivity contribution in [1.82, 2.24) is 10.2 Å². The van der Waals surface area contributed by atoms with Crippen molar-refractivity contribution in [3.63, 3.8) is 0 Å². The molecule has 2 aromatic rings. The molecule has 0 spiro atoms. The summed E-state index contributed by atoms with van der Waals surface area (Å²) in [5.41, 5.74) is 2.36. The summed E-state index contributed by atoms with van der Waals surface area (Å²) in [6.07, 6.45) is 1.53. The number of carbonyl (C=O) groups excluding carboxylic acids is 2. The summed E-state index contributed by atoms with van der Waals surface area (Å²) < 4.78 is 0. The fourth-order valence-electron chi connectivity index (χ4n) is 3.04. The number of anilines is 1. The molecule has 2 amide bonds. The van der Waals surface area contributed by atoms with E-state index in [1.165, 1.54) is 12.1 Å². The maximum atomic E-state index is 12.2. The highest BCUT2D eigenvalue weighted by Gasteiger charge is 2.19. The van der Waals surface area contributed by atoms with Crippen molar-refractivity contribution in [3.05, 3.63) is 69.8 Å². The summed E-state index contributed by atoms with van der Waals surface area (Å²) >= 11 is 0. The highest BCUT2D eigenvalue weighted by Crippen LogP contribution is 2.16. The van der Waals surface area contributed by atoms with E-state index in [1.54, 1.807) is 24.3 Å². The SMILES string of the molecule is O=C(NCCNc1ccc([N+](=O)[O-])cc1)c1ccc(CN2CCCC2=O)cc1. The van der Waals surface area contributed by atoms with Gasteiger partial charge in [-0.15, -0.1) is 0 Å². The molecule has 0 unspecified atom stereocenters. The molecule has 0 aliphatic carbocycles. The highest BCUT2D eigenvalue weighted by molar-refractivity contribution is 5.94. The van der Waals surface area contributed by atoms with Gasteiger partial charge in [0.25, 0.3) is 11.6 Å². The summed E-state index contributed by atoms with van der Waals surface area (Å²) in [6, 6.07) is 13.4. The van der Waals surface area contributed by atoms with Crippen LogP contribution in [0.5, 0.6) is 0 Å². The second kappa shape index (κ2) is 8.98. The lowest BCUT2D eigenvalue weighted by atomic mass is 10.1. The van der Waals surface area contributed by atoms with Crippen molar-refractivity contribution in [2.24, 2.45) is 0 Å². The molecular weight excluding hydrogens is 360 g/mol. The van der Waals surface area contributed by atoms with E-state index in [0.29, 0.717) is 31.6 Å². The number of rotatable bonds is 8. The normalized spacial score (nSPS) is 13.4. The summed E-state index contributed by atoms with van der Waals surface area (Å²) in [5.74, 6) is 0.0108. The van der Waals surface area contributed by atoms with Gasteiger partial charge in [0, 0.05) is 56.0 Å². The van der Waals surface area contributed by atoms with Gasteiger partial charge in [0.05, 0.1) is 4.92 Å². The van der Waals surface area contributed by atoms with Crippen molar-refractivity contribution < 1.29 is 14.5 Å². The number of amides is 2. The zero-order valence-electron chi connectivity index (χ0n) is 15.4. The van der Waals surface area contributed by atoms with Crippen LogP contribution in [0.4, 0.5) is 11.4 Å². The number of carbonyl (C=O) groups is 2. The molecule has 1 fully saturated rings. The predicted octanol–water partition coefficient (Wildman–Crippen LogP) is 2.56. The molecule has 8 nitrogen and oxygen atoms in total. The van der Waals surface area contributed by atoms with Crippen molar-refractivity contribution >= 4 is 23.2 Å². The molecule has 1 heterocycles. The quantitative estimate of drug-likeness (QED) is 0.415. The number of likely N-dealkylation sites (tertiary alicyclic amines) is 1. The van der Waals surface area contributed by atoms with E-state index in [1.807, 2.05) is 17.0 Å². The fraction of sp³-hybridized carbons (Fsp3) is 0.300. The zero-order chi connectivity index (χ0) is 19.9. The number of benzene rings is 2. The van der Waals surface area contributed by atoms with Crippen LogP contribution in [-0.2, 0) is 11.3 Å². The molecule has 0 saturated carbocycles. The zero-order valence-corrected chi connectivity index (χ0v) is 15.4. The van der Waals surface area contributed by atoms with Gasteiger partial charge in [-0.3, -0.25) is 19.7 Å². The summed E-state index contributed by atoms with van der Waals surface area (Å²) in [7, 11) is 0. The minimum absolute atomic E-state index is 0.0383. The number of hydrogen-bond acceptors (Lipinski definition) is 5. The number of hydrogen-bond donors (Lipinski definition) is 2. The van der Waals surface area contributed by atoms with Crippen LogP contribution in [0.3, 0.4) is 0 Å². The Morgan fingerprint density at radius 3 is 2.39 bits per heavy atom. The third kappa shape index (κ3) is 5.06. The molecule has 8 heteroatoms. The molecule has 1 aliphatic rings. The minimum Gasteiger partial charge on any atom is -0.383 e. The minimum atomic E-state index is -0.446. The number of nitro groups is 1. The average Bonchev–Trinajstić information content (AvgIpc) is 3.10. The van der Waals surface area contributed by atoms with Gasteiger partial charge < -0.3 is 15.5 Å². The van der Waals surface area contributed by atoms with Gasteiger partial charge in [-0.1, -0.05) is 12.1 Å². The molecule has 146 valence electrons. The maximum Gasteiger partial charge on any atom is 0.269 e. The molecule has 0 atom stereocenters. The lowest BCUT2D eigenvalue weighted by Crippen LogP contribution is -2.28. The van der Waals surface area contributed by atoms with E-state index in [9.17, 15) is 19.7 Å². The standard InChI is InChI=1S/C20H22N4O4/c25-19-2-1-13-23(19)14-15-3-5-16(6-4-15)20(26)22-12-11-21-17-7-9-18(10-8-17)24(27)28/h3-10,21H,1-2,11-14H2,(H,22,26). The second-order valence-electron chi connectivity index (χ2n) is 6.60. The fourth-order valence-corrected chi connectivity index (χ4v) is 3.04. The number of nitrogens with zero attached hydrogens (tertiary/aromatic N) is 2. The molecule has 0 radical (unpaired) electrons. The van der Waals surface area contributed by atoms with Gasteiger partial charge in [0.1, 0.15) is 0 Å². The summed E-state index contributed by atoms with van der Waals surface area (Å²) in [4.78, 5) is 35.9. The monoisotopic (exact) mass is 382 g/mol. The largest absolute Gasteiger partial charge is 0.383 e. The molecule has 28 heavy (non-hydrogen) atoms. The Balaban J connectivity index is 1.42. The first kappa shape index (κ1) is 19.3. The molecular formula is C20H22N4O4. The average molecular weight is 382 g/mol. The molecule has 2 aromatic carbocycles. The topological polar surface area (TPSA) is 105 Å². The first-order valence-corrected chi connectivity index (χ1v) is 9.16. The maximum absolute atomic E-state index is 12.2. The van der Waals surface area contributed by atoms with Gasteiger partial charge >= 0.3 is 0 Å².